The number of carbonyl (C=O) groups is 2. The Labute approximate surface area is 157 Å². The molecule has 0 spiro atoms. The Hall–Kier alpha value is -2.91. The maximum atomic E-state index is 12.3. The Morgan fingerprint density at radius 3 is 2.22 bits per heavy atom. The Morgan fingerprint density at radius 1 is 1.04 bits per heavy atom. The number of anilines is 1. The van der Waals surface area contributed by atoms with Crippen molar-refractivity contribution in [2.24, 2.45) is 5.73 Å². The second-order valence-corrected chi connectivity index (χ2v) is 7.68. The fraction of sp³-hybridized carbons (Fsp3) is 0.222. The summed E-state index contributed by atoms with van der Waals surface area (Å²) in [5.74, 6) is -0.372. The predicted molar refractivity (Wildman–Crippen MR) is 102 cm³/mol. The zero-order chi connectivity index (χ0) is 19.9. The van der Waals surface area contributed by atoms with Gasteiger partial charge in [0, 0.05) is 17.8 Å². The lowest BCUT2D eigenvalue weighted by molar-refractivity contribution is -0.119. The summed E-state index contributed by atoms with van der Waals surface area (Å²) in [5.41, 5.74) is 6.97. The van der Waals surface area contributed by atoms with Gasteiger partial charge in [-0.15, -0.1) is 0 Å². The van der Waals surface area contributed by atoms with Crippen LogP contribution in [0.3, 0.4) is 0 Å². The third-order valence-electron chi connectivity index (χ3n) is 3.49. The normalized spacial score (nSPS) is 11.0. The molecule has 4 N–H and O–H groups in total. The molecule has 144 valence electrons. The summed E-state index contributed by atoms with van der Waals surface area (Å²) < 4.78 is 29.6. The SMILES string of the molecule is CS(=O)(=O)NCCc1ccc(C(=O)Nc2ccc(OCC(N)=O)cc2)cc1. The number of nitrogens with two attached hydrogens (primary N) is 1. The zero-order valence-electron chi connectivity index (χ0n) is 14.8. The van der Waals surface area contributed by atoms with Crippen molar-refractivity contribution in [1.82, 2.24) is 4.72 Å². The van der Waals surface area contributed by atoms with Crippen LogP contribution < -0.4 is 20.5 Å². The Kier molecular flexibility index (Phi) is 6.91. The van der Waals surface area contributed by atoms with Crippen molar-refractivity contribution < 1.29 is 22.7 Å². The summed E-state index contributed by atoms with van der Waals surface area (Å²) in [7, 11) is -3.21. The summed E-state index contributed by atoms with van der Waals surface area (Å²) in [6, 6.07) is 13.5. The number of hydrogen-bond donors (Lipinski definition) is 3. The molecule has 0 fully saturated rings. The smallest absolute Gasteiger partial charge is 0.255 e. The van der Waals surface area contributed by atoms with Crippen molar-refractivity contribution in [3.8, 4) is 5.75 Å². The topological polar surface area (TPSA) is 128 Å². The van der Waals surface area contributed by atoms with Gasteiger partial charge in [-0.25, -0.2) is 13.1 Å². The predicted octanol–water partition coefficient (Wildman–Crippen LogP) is 0.895. The molecular formula is C18H21N3O5S. The van der Waals surface area contributed by atoms with E-state index < -0.39 is 15.9 Å². The molecule has 2 rings (SSSR count). The van der Waals surface area contributed by atoms with Crippen LogP contribution in [-0.2, 0) is 21.2 Å². The molecule has 0 heterocycles. The Morgan fingerprint density at radius 2 is 1.67 bits per heavy atom. The van der Waals surface area contributed by atoms with E-state index in [1.807, 2.05) is 0 Å². The van der Waals surface area contributed by atoms with E-state index in [9.17, 15) is 18.0 Å². The van der Waals surface area contributed by atoms with Gasteiger partial charge >= 0.3 is 0 Å². The van der Waals surface area contributed by atoms with Crippen molar-refractivity contribution in [3.05, 3.63) is 59.7 Å². The molecule has 0 bridgehead atoms. The quantitative estimate of drug-likeness (QED) is 0.585. The van der Waals surface area contributed by atoms with Crippen LogP contribution in [0.25, 0.3) is 0 Å². The van der Waals surface area contributed by atoms with Crippen molar-refractivity contribution in [2.45, 2.75) is 6.42 Å². The number of primary amides is 1. The van der Waals surface area contributed by atoms with Gasteiger partial charge in [-0.3, -0.25) is 9.59 Å². The highest BCUT2D eigenvalue weighted by Gasteiger charge is 2.07. The molecule has 0 aliphatic rings. The average Bonchev–Trinajstić information content (AvgIpc) is 2.60. The van der Waals surface area contributed by atoms with Crippen LogP contribution in [0.5, 0.6) is 5.75 Å². The largest absolute Gasteiger partial charge is 0.484 e. The van der Waals surface area contributed by atoms with E-state index in [4.69, 9.17) is 10.5 Å². The molecule has 0 unspecified atom stereocenters. The van der Waals surface area contributed by atoms with Gasteiger partial charge in [0.25, 0.3) is 11.8 Å². The summed E-state index contributed by atoms with van der Waals surface area (Å²) in [6.07, 6.45) is 1.64. The minimum Gasteiger partial charge on any atom is -0.484 e. The van der Waals surface area contributed by atoms with E-state index in [0.29, 0.717) is 30.0 Å². The molecule has 2 aromatic rings. The van der Waals surface area contributed by atoms with Crippen LogP contribution in [0, 0.1) is 0 Å². The Balaban J connectivity index is 1.89. The standard InChI is InChI=1S/C18H21N3O5S/c1-27(24,25)20-11-10-13-2-4-14(5-3-13)18(23)21-15-6-8-16(9-7-15)26-12-17(19)22/h2-9,20H,10-12H2,1H3,(H2,19,22)(H,21,23). The van der Waals surface area contributed by atoms with E-state index >= 15 is 0 Å². The first-order chi connectivity index (χ1) is 12.7. The van der Waals surface area contributed by atoms with Crippen molar-refractivity contribution in [1.29, 1.82) is 0 Å². The van der Waals surface area contributed by atoms with Gasteiger partial charge < -0.3 is 15.8 Å². The first kappa shape index (κ1) is 20.4. The van der Waals surface area contributed by atoms with Gasteiger partial charge in [0.1, 0.15) is 5.75 Å². The molecule has 9 heteroatoms. The maximum Gasteiger partial charge on any atom is 0.255 e. The molecule has 0 atom stereocenters. The molecule has 0 aromatic heterocycles. The van der Waals surface area contributed by atoms with Crippen LogP contribution in [0.2, 0.25) is 0 Å². The average molecular weight is 391 g/mol. The molecule has 0 saturated carbocycles. The zero-order valence-corrected chi connectivity index (χ0v) is 15.6. The van der Waals surface area contributed by atoms with Crippen LogP contribution in [0.1, 0.15) is 15.9 Å². The first-order valence-electron chi connectivity index (χ1n) is 8.09. The number of sulfonamides is 1. The van der Waals surface area contributed by atoms with Crippen molar-refractivity contribution in [2.75, 3.05) is 24.7 Å². The van der Waals surface area contributed by atoms with Gasteiger partial charge in [-0.2, -0.15) is 0 Å². The van der Waals surface area contributed by atoms with Gasteiger partial charge in [-0.05, 0) is 48.4 Å². The third-order valence-corrected chi connectivity index (χ3v) is 4.22. The van der Waals surface area contributed by atoms with Gasteiger partial charge in [0.2, 0.25) is 10.0 Å². The van der Waals surface area contributed by atoms with E-state index in [1.165, 1.54) is 0 Å². The third kappa shape index (κ3) is 7.47. The van der Waals surface area contributed by atoms with E-state index in [1.54, 1.807) is 48.5 Å². The van der Waals surface area contributed by atoms with Crippen LogP contribution in [0.15, 0.2) is 48.5 Å². The number of rotatable bonds is 9. The molecule has 8 nitrogen and oxygen atoms in total. The van der Waals surface area contributed by atoms with Crippen molar-refractivity contribution in [3.63, 3.8) is 0 Å². The summed E-state index contributed by atoms with van der Waals surface area (Å²) >= 11 is 0. The maximum absolute atomic E-state index is 12.3. The van der Waals surface area contributed by atoms with Crippen molar-refractivity contribution >= 4 is 27.5 Å². The molecule has 0 aliphatic carbocycles. The molecule has 2 aromatic carbocycles. The van der Waals surface area contributed by atoms with Crippen LogP contribution in [-0.4, -0.2) is 39.6 Å². The lowest BCUT2D eigenvalue weighted by Crippen LogP contribution is -2.24. The molecule has 0 aliphatic heterocycles. The minimum absolute atomic E-state index is 0.211. The lowest BCUT2D eigenvalue weighted by atomic mass is 10.1. The van der Waals surface area contributed by atoms with Gasteiger partial charge in [0.05, 0.1) is 6.26 Å². The fourth-order valence-electron chi connectivity index (χ4n) is 2.20. The fourth-order valence-corrected chi connectivity index (χ4v) is 2.67. The Bertz CT molecular complexity index is 894. The number of benzene rings is 2. The van der Waals surface area contributed by atoms with E-state index in [2.05, 4.69) is 10.0 Å². The van der Waals surface area contributed by atoms with E-state index in [-0.39, 0.29) is 12.5 Å². The van der Waals surface area contributed by atoms with Crippen LogP contribution in [0.4, 0.5) is 5.69 Å². The number of carbonyl (C=O) groups excluding carboxylic acids is 2. The summed E-state index contributed by atoms with van der Waals surface area (Å²) in [5, 5.41) is 2.76. The van der Waals surface area contributed by atoms with Crippen LogP contribution >= 0.6 is 0 Å². The number of amides is 2. The highest BCUT2D eigenvalue weighted by molar-refractivity contribution is 7.88. The number of hydrogen-bond acceptors (Lipinski definition) is 5. The second-order valence-electron chi connectivity index (χ2n) is 5.85. The highest BCUT2D eigenvalue weighted by atomic mass is 32.2. The second kappa shape index (κ2) is 9.15. The minimum atomic E-state index is -3.21. The molecule has 27 heavy (non-hydrogen) atoms. The number of nitrogens with one attached hydrogen (secondary N) is 2. The first-order valence-corrected chi connectivity index (χ1v) is 9.98. The summed E-state index contributed by atoms with van der Waals surface area (Å²) in [4.78, 5) is 23.0. The van der Waals surface area contributed by atoms with Gasteiger partial charge in [-0.1, -0.05) is 12.1 Å². The monoisotopic (exact) mass is 391 g/mol. The summed E-state index contributed by atoms with van der Waals surface area (Å²) in [6.45, 7) is 0.0896. The lowest BCUT2D eigenvalue weighted by Gasteiger charge is -2.08. The number of ether oxygens (including phenoxy) is 1. The highest BCUT2D eigenvalue weighted by Crippen LogP contribution is 2.16. The molecule has 0 saturated heterocycles. The van der Waals surface area contributed by atoms with E-state index in [0.717, 1.165) is 11.8 Å². The molecule has 0 radical (unpaired) electrons. The molecule has 2 amide bonds. The molecular weight excluding hydrogens is 370 g/mol. The van der Waals surface area contributed by atoms with Gasteiger partial charge in [0.15, 0.2) is 6.61 Å².